The van der Waals surface area contributed by atoms with Crippen LogP contribution in [-0.4, -0.2) is 48.4 Å². The zero-order valence-electron chi connectivity index (χ0n) is 24.8. The Labute approximate surface area is 262 Å². The van der Waals surface area contributed by atoms with Gasteiger partial charge in [-0.15, -0.1) is 0 Å². The molecule has 7 nitrogen and oxygen atoms in total. The molecule has 0 radical (unpaired) electrons. The average molecular weight is 630 g/mol. The molecule has 2 heterocycles. The minimum Gasteiger partial charge on any atom is -0.463 e. The molecule has 7 atom stereocenters. The first kappa shape index (κ1) is 30.4. The van der Waals surface area contributed by atoms with E-state index in [0.717, 1.165) is 32.1 Å². The molecule has 2 aliphatic carbocycles. The Morgan fingerprint density at radius 3 is 2.19 bits per heavy atom. The molecule has 2 aromatic carbocycles. The molecule has 0 bridgehead atoms. The maximum atomic E-state index is 13.5. The van der Waals surface area contributed by atoms with Crippen molar-refractivity contribution >= 4 is 41.1 Å². The van der Waals surface area contributed by atoms with E-state index in [2.05, 4.69) is 20.8 Å². The maximum Gasteiger partial charge on any atom is 0.339 e. The first-order chi connectivity index (χ1) is 20.4. The number of rotatable bonds is 5. The summed E-state index contributed by atoms with van der Waals surface area (Å²) in [6.07, 6.45) is 4.37. The number of ether oxygens (including phenoxy) is 4. The van der Waals surface area contributed by atoms with Gasteiger partial charge in [-0.25, -0.2) is 9.59 Å². The lowest BCUT2D eigenvalue weighted by atomic mass is 9.43. The summed E-state index contributed by atoms with van der Waals surface area (Å²) >= 11 is 12.7. The van der Waals surface area contributed by atoms with Crippen molar-refractivity contribution in [2.75, 3.05) is 13.2 Å². The van der Waals surface area contributed by atoms with E-state index in [1.54, 1.807) is 48.5 Å². The maximum absolute atomic E-state index is 13.5. The fourth-order valence-electron chi connectivity index (χ4n) is 8.84. The van der Waals surface area contributed by atoms with Crippen molar-refractivity contribution in [1.29, 1.82) is 0 Å². The van der Waals surface area contributed by atoms with E-state index < -0.39 is 34.7 Å². The van der Waals surface area contributed by atoms with E-state index in [4.69, 9.17) is 42.1 Å². The first-order valence-corrected chi connectivity index (χ1v) is 15.9. The summed E-state index contributed by atoms with van der Waals surface area (Å²) in [6.45, 7) is 6.91. The van der Waals surface area contributed by atoms with Crippen LogP contribution in [0.1, 0.15) is 86.4 Å². The van der Waals surface area contributed by atoms with E-state index in [9.17, 15) is 14.4 Å². The Bertz CT molecular complexity index is 1450. The quantitative estimate of drug-likeness (QED) is 0.251. The van der Waals surface area contributed by atoms with E-state index in [0.29, 0.717) is 22.0 Å². The van der Waals surface area contributed by atoms with Gasteiger partial charge < -0.3 is 18.9 Å². The SMILES string of the molecule is CC1CCC2C(C)(COC(=O)c3ccccc3Cl)C(OC(=O)c3ccccc3Cl)CCC2(C)C12CCC1(COC(=O)C1)O2. The van der Waals surface area contributed by atoms with Crippen molar-refractivity contribution in [3.05, 3.63) is 69.7 Å². The number of esters is 3. The van der Waals surface area contributed by atoms with Crippen LogP contribution in [0.4, 0.5) is 0 Å². The van der Waals surface area contributed by atoms with Gasteiger partial charge in [0.1, 0.15) is 24.9 Å². The zero-order chi connectivity index (χ0) is 30.6. The number of carbonyl (C=O) groups is 3. The molecular weight excluding hydrogens is 591 g/mol. The molecule has 0 N–H and O–H groups in total. The Hall–Kier alpha value is -2.61. The van der Waals surface area contributed by atoms with Gasteiger partial charge in [0.15, 0.2) is 0 Å². The van der Waals surface area contributed by atoms with Crippen molar-refractivity contribution in [2.24, 2.45) is 22.7 Å². The monoisotopic (exact) mass is 628 g/mol. The zero-order valence-corrected chi connectivity index (χ0v) is 26.3. The average Bonchev–Trinajstić information content (AvgIpc) is 3.55. The lowest BCUT2D eigenvalue weighted by molar-refractivity contribution is -0.265. The molecule has 6 rings (SSSR count). The van der Waals surface area contributed by atoms with E-state index in [1.807, 2.05) is 0 Å². The lowest BCUT2D eigenvalue weighted by Crippen LogP contribution is -2.67. The van der Waals surface area contributed by atoms with Crippen LogP contribution in [0.2, 0.25) is 10.0 Å². The molecule has 2 aliphatic heterocycles. The third-order valence-electron chi connectivity index (χ3n) is 11.1. The first-order valence-electron chi connectivity index (χ1n) is 15.2. The van der Waals surface area contributed by atoms with Crippen LogP contribution in [0.5, 0.6) is 0 Å². The minimum absolute atomic E-state index is 0.0128. The smallest absolute Gasteiger partial charge is 0.339 e. The number of benzene rings is 2. The summed E-state index contributed by atoms with van der Waals surface area (Å²) in [6, 6.07) is 13.6. The fourth-order valence-corrected chi connectivity index (χ4v) is 9.27. The van der Waals surface area contributed by atoms with Gasteiger partial charge in [-0.2, -0.15) is 0 Å². The number of carbonyl (C=O) groups excluding carboxylic acids is 3. The molecule has 0 aromatic heterocycles. The summed E-state index contributed by atoms with van der Waals surface area (Å²) in [7, 11) is 0. The topological polar surface area (TPSA) is 88.1 Å². The van der Waals surface area contributed by atoms with Crippen LogP contribution in [0, 0.1) is 22.7 Å². The van der Waals surface area contributed by atoms with Gasteiger partial charge in [0, 0.05) is 10.8 Å². The van der Waals surface area contributed by atoms with Gasteiger partial charge >= 0.3 is 17.9 Å². The van der Waals surface area contributed by atoms with Gasteiger partial charge in [-0.3, -0.25) is 4.79 Å². The second-order valence-corrected chi connectivity index (χ2v) is 14.2. The molecule has 230 valence electrons. The number of fused-ring (bicyclic) bond motifs is 2. The second-order valence-electron chi connectivity index (χ2n) is 13.4. The Morgan fingerprint density at radius 2 is 1.56 bits per heavy atom. The van der Waals surface area contributed by atoms with Crippen molar-refractivity contribution < 1.29 is 33.3 Å². The predicted molar refractivity (Wildman–Crippen MR) is 161 cm³/mol. The van der Waals surface area contributed by atoms with Crippen molar-refractivity contribution in [3.63, 3.8) is 0 Å². The van der Waals surface area contributed by atoms with Crippen LogP contribution < -0.4 is 0 Å². The van der Waals surface area contributed by atoms with Crippen molar-refractivity contribution in [1.82, 2.24) is 0 Å². The molecule has 2 spiro atoms. The summed E-state index contributed by atoms with van der Waals surface area (Å²) in [5.74, 6) is -0.998. The highest BCUT2D eigenvalue weighted by molar-refractivity contribution is 6.34. The lowest BCUT2D eigenvalue weighted by Gasteiger charge is -2.65. The molecule has 0 amide bonds. The predicted octanol–water partition coefficient (Wildman–Crippen LogP) is 7.46. The standard InChI is InChI=1S/C34H38Cl2O7/c1-21-12-13-26-31(2,19-41-29(38)22-8-4-6-10-24(22)35)27(42-30(39)23-9-5-7-11-25(23)36)14-15-32(26,3)34(21)17-16-33(43-34)18-28(37)40-20-33/h4-11,21,26-27H,12-20H2,1-3H3. The molecule has 4 fully saturated rings. The van der Waals surface area contributed by atoms with E-state index >= 15 is 0 Å². The van der Waals surface area contributed by atoms with Crippen LogP contribution in [0.15, 0.2) is 48.5 Å². The highest BCUT2D eigenvalue weighted by Crippen LogP contribution is 2.68. The molecule has 43 heavy (non-hydrogen) atoms. The number of hydrogen-bond donors (Lipinski definition) is 0. The Balaban J connectivity index is 1.35. The fraction of sp³-hybridized carbons (Fsp3) is 0.559. The number of hydrogen-bond acceptors (Lipinski definition) is 7. The van der Waals surface area contributed by atoms with Gasteiger partial charge in [-0.05, 0) is 74.6 Å². The van der Waals surface area contributed by atoms with Crippen molar-refractivity contribution in [2.45, 2.75) is 83.0 Å². The summed E-state index contributed by atoms with van der Waals surface area (Å²) in [5.41, 5.74) is -1.58. The Morgan fingerprint density at radius 1 is 0.907 bits per heavy atom. The molecule has 7 unspecified atom stereocenters. The molecule has 4 aliphatic rings. The van der Waals surface area contributed by atoms with E-state index in [1.165, 1.54) is 0 Å². The summed E-state index contributed by atoms with van der Waals surface area (Å²) in [5, 5.41) is 0.639. The molecule has 2 saturated heterocycles. The third kappa shape index (κ3) is 4.96. The molecule has 2 aromatic rings. The number of halogens is 2. The normalized spacial score (nSPS) is 36.8. The van der Waals surface area contributed by atoms with Crippen LogP contribution in [0.25, 0.3) is 0 Å². The summed E-state index contributed by atoms with van der Waals surface area (Å²) in [4.78, 5) is 38.9. The van der Waals surface area contributed by atoms with E-state index in [-0.39, 0.29) is 48.4 Å². The molecular formula is C34H38Cl2O7. The summed E-state index contributed by atoms with van der Waals surface area (Å²) < 4.78 is 24.8. The highest BCUT2D eigenvalue weighted by atomic mass is 35.5. The number of cyclic esters (lactones) is 1. The largest absolute Gasteiger partial charge is 0.463 e. The molecule has 9 heteroatoms. The highest BCUT2D eigenvalue weighted by Gasteiger charge is 2.70. The Kier molecular flexibility index (Phi) is 7.84. The van der Waals surface area contributed by atoms with Gasteiger partial charge in [0.2, 0.25) is 0 Å². The van der Waals surface area contributed by atoms with Gasteiger partial charge in [0.05, 0.1) is 33.2 Å². The molecule has 2 saturated carbocycles. The van der Waals surface area contributed by atoms with Gasteiger partial charge in [0.25, 0.3) is 0 Å². The van der Waals surface area contributed by atoms with Crippen LogP contribution in [0.3, 0.4) is 0 Å². The van der Waals surface area contributed by atoms with Gasteiger partial charge in [-0.1, -0.05) is 68.2 Å². The minimum atomic E-state index is -0.741. The van der Waals surface area contributed by atoms with Crippen LogP contribution >= 0.6 is 23.2 Å². The van der Waals surface area contributed by atoms with Crippen molar-refractivity contribution in [3.8, 4) is 0 Å². The second kappa shape index (κ2) is 11.1. The third-order valence-corrected chi connectivity index (χ3v) is 11.8. The van der Waals surface area contributed by atoms with Crippen LogP contribution in [-0.2, 0) is 23.7 Å².